The molecule has 0 fully saturated rings. The SMILES string of the molecule is CCn1cc(S(=O)(=O)Nc2cn(CC)nc2C(=O)NCC(C)C)cn1. The number of nitrogens with one attached hydrogen (secondary N) is 2. The van der Waals surface area contributed by atoms with Gasteiger partial charge < -0.3 is 5.32 Å². The molecule has 9 nitrogen and oxygen atoms in total. The summed E-state index contributed by atoms with van der Waals surface area (Å²) < 4.78 is 30.5. The molecule has 2 aromatic heterocycles. The van der Waals surface area contributed by atoms with Crippen molar-refractivity contribution >= 4 is 21.6 Å². The van der Waals surface area contributed by atoms with Gasteiger partial charge in [0.05, 0.1) is 11.9 Å². The fraction of sp³-hybridized carbons (Fsp3) is 0.533. The molecule has 0 spiro atoms. The average molecular weight is 368 g/mol. The van der Waals surface area contributed by atoms with Crippen molar-refractivity contribution in [1.82, 2.24) is 24.9 Å². The monoisotopic (exact) mass is 368 g/mol. The van der Waals surface area contributed by atoms with E-state index in [9.17, 15) is 13.2 Å². The van der Waals surface area contributed by atoms with Crippen LogP contribution in [0.2, 0.25) is 0 Å². The smallest absolute Gasteiger partial charge is 0.273 e. The number of amides is 1. The first-order valence-corrected chi connectivity index (χ1v) is 9.66. The number of sulfonamides is 1. The molecule has 25 heavy (non-hydrogen) atoms. The molecular weight excluding hydrogens is 344 g/mol. The molecule has 10 heteroatoms. The summed E-state index contributed by atoms with van der Waals surface area (Å²) >= 11 is 0. The van der Waals surface area contributed by atoms with Crippen molar-refractivity contribution < 1.29 is 13.2 Å². The topological polar surface area (TPSA) is 111 Å². The molecule has 0 aromatic carbocycles. The highest BCUT2D eigenvalue weighted by Crippen LogP contribution is 2.19. The summed E-state index contributed by atoms with van der Waals surface area (Å²) in [5.41, 5.74) is 0.196. The van der Waals surface area contributed by atoms with Crippen molar-refractivity contribution in [1.29, 1.82) is 0 Å². The van der Waals surface area contributed by atoms with E-state index in [1.807, 2.05) is 27.7 Å². The Balaban J connectivity index is 2.28. The summed E-state index contributed by atoms with van der Waals surface area (Å²) in [6, 6.07) is 0. The Hall–Kier alpha value is -2.36. The highest BCUT2D eigenvalue weighted by atomic mass is 32.2. The van der Waals surface area contributed by atoms with Crippen LogP contribution in [0.3, 0.4) is 0 Å². The summed E-state index contributed by atoms with van der Waals surface area (Å²) in [6.07, 6.45) is 4.21. The van der Waals surface area contributed by atoms with Crippen LogP contribution in [0.4, 0.5) is 5.69 Å². The number of anilines is 1. The third-order valence-corrected chi connectivity index (χ3v) is 4.78. The molecule has 2 heterocycles. The molecule has 0 unspecified atom stereocenters. The molecule has 0 radical (unpaired) electrons. The third-order valence-electron chi connectivity index (χ3n) is 3.46. The van der Waals surface area contributed by atoms with Gasteiger partial charge in [-0.1, -0.05) is 13.8 Å². The summed E-state index contributed by atoms with van der Waals surface area (Å²) in [7, 11) is -3.85. The van der Waals surface area contributed by atoms with Crippen LogP contribution in [-0.4, -0.2) is 40.4 Å². The lowest BCUT2D eigenvalue weighted by Crippen LogP contribution is -2.28. The van der Waals surface area contributed by atoms with Crippen molar-refractivity contribution in [3.8, 4) is 0 Å². The Kier molecular flexibility index (Phi) is 5.83. The van der Waals surface area contributed by atoms with Gasteiger partial charge >= 0.3 is 0 Å². The second kappa shape index (κ2) is 7.68. The van der Waals surface area contributed by atoms with E-state index in [1.54, 1.807) is 0 Å². The quantitative estimate of drug-likeness (QED) is 0.730. The van der Waals surface area contributed by atoms with Crippen LogP contribution >= 0.6 is 0 Å². The lowest BCUT2D eigenvalue weighted by molar-refractivity contribution is 0.0944. The molecule has 2 aromatic rings. The lowest BCUT2D eigenvalue weighted by atomic mass is 10.2. The van der Waals surface area contributed by atoms with Crippen molar-refractivity contribution in [2.24, 2.45) is 5.92 Å². The van der Waals surface area contributed by atoms with E-state index in [1.165, 1.54) is 28.0 Å². The van der Waals surface area contributed by atoms with Crippen LogP contribution in [0.1, 0.15) is 38.2 Å². The summed E-state index contributed by atoms with van der Waals surface area (Å²) in [4.78, 5) is 12.4. The molecule has 138 valence electrons. The maximum Gasteiger partial charge on any atom is 0.273 e. The van der Waals surface area contributed by atoms with Crippen molar-refractivity contribution in [3.05, 3.63) is 24.3 Å². The Morgan fingerprint density at radius 1 is 1.20 bits per heavy atom. The van der Waals surface area contributed by atoms with E-state index in [2.05, 4.69) is 20.2 Å². The van der Waals surface area contributed by atoms with Crippen molar-refractivity contribution in [3.63, 3.8) is 0 Å². The Morgan fingerprint density at radius 2 is 1.88 bits per heavy atom. The number of hydrogen-bond donors (Lipinski definition) is 2. The van der Waals surface area contributed by atoms with E-state index in [4.69, 9.17) is 0 Å². The molecular formula is C15H24N6O3S. The third kappa shape index (κ3) is 4.59. The standard InChI is InChI=1S/C15H24N6O3S/c1-5-20-9-12(8-17-20)25(23,24)19-13-10-21(6-2)18-14(13)15(22)16-7-11(3)4/h8-11,19H,5-7H2,1-4H3,(H,16,22). The summed E-state index contributed by atoms with van der Waals surface area (Å²) in [5.74, 6) is -0.139. The second-order valence-electron chi connectivity index (χ2n) is 5.99. The van der Waals surface area contributed by atoms with Crippen LogP contribution in [0.15, 0.2) is 23.5 Å². The first kappa shape index (κ1) is 19.0. The van der Waals surface area contributed by atoms with E-state index in [-0.39, 0.29) is 22.2 Å². The average Bonchev–Trinajstić information content (AvgIpc) is 3.19. The maximum absolute atomic E-state index is 12.5. The van der Waals surface area contributed by atoms with Gasteiger partial charge in [0, 0.05) is 32.0 Å². The molecule has 0 aliphatic carbocycles. The number of aryl methyl sites for hydroxylation is 2. The van der Waals surface area contributed by atoms with Crippen LogP contribution in [-0.2, 0) is 23.1 Å². The zero-order valence-electron chi connectivity index (χ0n) is 14.9. The van der Waals surface area contributed by atoms with Crippen LogP contribution in [0, 0.1) is 5.92 Å². The normalized spacial score (nSPS) is 11.7. The first-order chi connectivity index (χ1) is 11.8. The van der Waals surface area contributed by atoms with Gasteiger partial charge in [-0.3, -0.25) is 18.9 Å². The Labute approximate surface area is 147 Å². The molecule has 2 N–H and O–H groups in total. The van der Waals surface area contributed by atoms with Gasteiger partial charge in [0.15, 0.2) is 5.69 Å². The van der Waals surface area contributed by atoms with Gasteiger partial charge in [0.2, 0.25) is 0 Å². The predicted molar refractivity (Wildman–Crippen MR) is 93.8 cm³/mol. The largest absolute Gasteiger partial charge is 0.350 e. The lowest BCUT2D eigenvalue weighted by Gasteiger charge is -2.08. The first-order valence-electron chi connectivity index (χ1n) is 8.17. The van der Waals surface area contributed by atoms with Crippen LogP contribution in [0.25, 0.3) is 0 Å². The van der Waals surface area contributed by atoms with Crippen LogP contribution < -0.4 is 10.0 Å². The number of hydrogen-bond acceptors (Lipinski definition) is 5. The van der Waals surface area contributed by atoms with Crippen LogP contribution in [0.5, 0.6) is 0 Å². The molecule has 0 saturated heterocycles. The summed E-state index contributed by atoms with van der Waals surface area (Å²) in [6.45, 7) is 9.21. The predicted octanol–water partition coefficient (Wildman–Crippen LogP) is 1.31. The van der Waals surface area contributed by atoms with Gasteiger partial charge in [0.1, 0.15) is 4.90 Å². The van der Waals surface area contributed by atoms with Gasteiger partial charge in [0.25, 0.3) is 15.9 Å². The zero-order valence-corrected chi connectivity index (χ0v) is 15.7. The van der Waals surface area contributed by atoms with E-state index >= 15 is 0 Å². The molecule has 0 atom stereocenters. The fourth-order valence-corrected chi connectivity index (χ4v) is 3.07. The molecule has 0 aliphatic rings. The number of nitrogens with zero attached hydrogens (tertiary/aromatic N) is 4. The molecule has 1 amide bonds. The number of carbonyl (C=O) groups is 1. The molecule has 0 bridgehead atoms. The fourth-order valence-electron chi connectivity index (χ4n) is 2.07. The number of carbonyl (C=O) groups excluding carboxylic acids is 1. The highest BCUT2D eigenvalue weighted by molar-refractivity contribution is 7.92. The maximum atomic E-state index is 12.5. The minimum absolute atomic E-state index is 0.0344. The zero-order chi connectivity index (χ0) is 18.6. The number of aromatic nitrogens is 4. The van der Waals surface area contributed by atoms with E-state index in [0.717, 1.165) is 0 Å². The van der Waals surface area contributed by atoms with Gasteiger partial charge in [-0.05, 0) is 19.8 Å². The van der Waals surface area contributed by atoms with Gasteiger partial charge in [-0.25, -0.2) is 8.42 Å². The molecule has 2 rings (SSSR count). The Morgan fingerprint density at radius 3 is 2.44 bits per heavy atom. The Bertz CT molecular complexity index is 837. The molecule has 0 aliphatic heterocycles. The van der Waals surface area contributed by atoms with Gasteiger partial charge in [-0.15, -0.1) is 0 Å². The van der Waals surface area contributed by atoms with Gasteiger partial charge in [-0.2, -0.15) is 10.2 Å². The minimum atomic E-state index is -3.85. The minimum Gasteiger partial charge on any atom is -0.350 e. The highest BCUT2D eigenvalue weighted by Gasteiger charge is 2.23. The van der Waals surface area contributed by atoms with Crippen molar-refractivity contribution in [2.75, 3.05) is 11.3 Å². The van der Waals surface area contributed by atoms with Crippen molar-refractivity contribution in [2.45, 2.75) is 45.7 Å². The second-order valence-corrected chi connectivity index (χ2v) is 7.67. The number of rotatable bonds is 8. The summed E-state index contributed by atoms with van der Waals surface area (Å²) in [5, 5.41) is 10.9. The van der Waals surface area contributed by atoms with E-state index in [0.29, 0.717) is 19.6 Å². The molecule has 0 saturated carbocycles. The van der Waals surface area contributed by atoms with E-state index < -0.39 is 15.9 Å².